The maximum Gasteiger partial charge on any atom is 0.259 e. The van der Waals surface area contributed by atoms with E-state index < -0.39 is 0 Å². The van der Waals surface area contributed by atoms with E-state index in [4.69, 9.17) is 4.74 Å². The SMILES string of the molecule is CCn1cc(C(=O)Nc2cccc(Oc3ccc4nc(NC(=O)C5CC5)cn4c3)c2)c(C)n1. The van der Waals surface area contributed by atoms with Crippen molar-refractivity contribution in [3.63, 3.8) is 0 Å². The summed E-state index contributed by atoms with van der Waals surface area (Å²) in [7, 11) is 0. The number of carbonyl (C=O) groups excluding carboxylic acids is 2. The highest BCUT2D eigenvalue weighted by atomic mass is 16.5. The Labute approximate surface area is 190 Å². The van der Waals surface area contributed by atoms with Crippen LogP contribution in [0.4, 0.5) is 11.5 Å². The molecule has 9 heteroatoms. The highest BCUT2D eigenvalue weighted by Crippen LogP contribution is 2.30. The third kappa shape index (κ3) is 4.57. The number of benzene rings is 1. The quantitative estimate of drug-likeness (QED) is 0.444. The lowest BCUT2D eigenvalue weighted by atomic mass is 10.2. The number of aryl methyl sites for hydroxylation is 2. The van der Waals surface area contributed by atoms with Crippen LogP contribution in [0.25, 0.3) is 5.65 Å². The second kappa shape index (κ2) is 8.42. The predicted octanol–water partition coefficient (Wildman–Crippen LogP) is 4.25. The number of rotatable bonds is 7. The largest absolute Gasteiger partial charge is 0.456 e. The van der Waals surface area contributed by atoms with Gasteiger partial charge in [0.25, 0.3) is 5.91 Å². The van der Waals surface area contributed by atoms with Gasteiger partial charge in [0.2, 0.25) is 5.91 Å². The topological polar surface area (TPSA) is 103 Å². The van der Waals surface area contributed by atoms with Gasteiger partial charge in [-0.2, -0.15) is 5.10 Å². The van der Waals surface area contributed by atoms with Crippen LogP contribution in [-0.2, 0) is 11.3 Å². The van der Waals surface area contributed by atoms with Crippen LogP contribution in [0.1, 0.15) is 35.8 Å². The zero-order valence-corrected chi connectivity index (χ0v) is 18.4. The van der Waals surface area contributed by atoms with Crippen LogP contribution in [0.2, 0.25) is 0 Å². The van der Waals surface area contributed by atoms with Crippen LogP contribution < -0.4 is 15.4 Å². The van der Waals surface area contributed by atoms with Crippen LogP contribution in [0.3, 0.4) is 0 Å². The van der Waals surface area contributed by atoms with Crippen molar-refractivity contribution in [2.45, 2.75) is 33.2 Å². The number of anilines is 2. The van der Waals surface area contributed by atoms with Gasteiger partial charge >= 0.3 is 0 Å². The molecule has 3 heterocycles. The molecule has 2 N–H and O–H groups in total. The molecule has 33 heavy (non-hydrogen) atoms. The molecule has 0 spiro atoms. The summed E-state index contributed by atoms with van der Waals surface area (Å²) in [6.45, 7) is 4.49. The Morgan fingerprint density at radius 3 is 2.70 bits per heavy atom. The van der Waals surface area contributed by atoms with Gasteiger partial charge in [0, 0.05) is 30.4 Å². The lowest BCUT2D eigenvalue weighted by Crippen LogP contribution is -2.13. The number of pyridine rings is 1. The Bertz CT molecular complexity index is 1350. The van der Waals surface area contributed by atoms with Crippen molar-refractivity contribution < 1.29 is 14.3 Å². The number of nitrogens with zero attached hydrogens (tertiary/aromatic N) is 4. The second-order valence-corrected chi connectivity index (χ2v) is 8.09. The molecule has 0 bridgehead atoms. The number of amides is 2. The van der Waals surface area contributed by atoms with Gasteiger partial charge in [-0.05, 0) is 51.0 Å². The lowest BCUT2D eigenvalue weighted by molar-refractivity contribution is -0.117. The second-order valence-electron chi connectivity index (χ2n) is 8.09. The molecule has 1 fully saturated rings. The minimum Gasteiger partial charge on any atom is -0.456 e. The van der Waals surface area contributed by atoms with Gasteiger partial charge in [0.1, 0.15) is 17.1 Å². The van der Waals surface area contributed by atoms with E-state index in [0.717, 1.165) is 12.8 Å². The van der Waals surface area contributed by atoms with E-state index in [2.05, 4.69) is 20.7 Å². The molecule has 0 unspecified atom stereocenters. The molecule has 5 rings (SSSR count). The summed E-state index contributed by atoms with van der Waals surface area (Å²) in [5.74, 6) is 1.62. The first-order valence-electron chi connectivity index (χ1n) is 10.9. The van der Waals surface area contributed by atoms with Crippen molar-refractivity contribution in [1.82, 2.24) is 19.2 Å². The first kappa shape index (κ1) is 20.7. The Morgan fingerprint density at radius 2 is 1.94 bits per heavy atom. The van der Waals surface area contributed by atoms with E-state index in [-0.39, 0.29) is 17.7 Å². The van der Waals surface area contributed by atoms with Gasteiger partial charge in [-0.1, -0.05) is 6.07 Å². The van der Waals surface area contributed by atoms with Crippen LogP contribution >= 0.6 is 0 Å². The summed E-state index contributed by atoms with van der Waals surface area (Å²) in [5, 5.41) is 10.1. The lowest BCUT2D eigenvalue weighted by Gasteiger charge is -2.09. The molecule has 1 aromatic carbocycles. The van der Waals surface area contributed by atoms with Crippen molar-refractivity contribution in [1.29, 1.82) is 0 Å². The van der Waals surface area contributed by atoms with Crippen molar-refractivity contribution >= 4 is 29.0 Å². The van der Waals surface area contributed by atoms with Crippen molar-refractivity contribution in [3.8, 4) is 11.5 Å². The standard InChI is InChI=1S/C24H24N6O3/c1-3-30-13-20(15(2)28-30)24(32)25-17-5-4-6-18(11-17)33-19-9-10-22-26-21(14-29(22)12-19)27-23(31)16-7-8-16/h4-6,9-14,16H,3,7-8H2,1-2H3,(H,25,32)(H,27,31). The van der Waals surface area contributed by atoms with E-state index >= 15 is 0 Å². The molecular weight excluding hydrogens is 420 g/mol. The third-order valence-corrected chi connectivity index (χ3v) is 5.47. The molecular formula is C24H24N6O3. The van der Waals surface area contributed by atoms with Gasteiger partial charge in [0.15, 0.2) is 5.82 Å². The maximum absolute atomic E-state index is 12.7. The van der Waals surface area contributed by atoms with E-state index in [1.54, 1.807) is 39.8 Å². The zero-order valence-electron chi connectivity index (χ0n) is 18.4. The van der Waals surface area contributed by atoms with Gasteiger partial charge < -0.3 is 19.8 Å². The number of hydrogen-bond acceptors (Lipinski definition) is 5. The Kier molecular flexibility index (Phi) is 5.29. The van der Waals surface area contributed by atoms with Gasteiger partial charge in [0.05, 0.1) is 23.7 Å². The predicted molar refractivity (Wildman–Crippen MR) is 124 cm³/mol. The van der Waals surface area contributed by atoms with E-state index in [1.807, 2.05) is 38.1 Å². The van der Waals surface area contributed by atoms with E-state index in [0.29, 0.717) is 46.5 Å². The molecule has 0 atom stereocenters. The summed E-state index contributed by atoms with van der Waals surface area (Å²) in [4.78, 5) is 29.1. The van der Waals surface area contributed by atoms with Crippen molar-refractivity contribution in [2.75, 3.05) is 10.6 Å². The van der Waals surface area contributed by atoms with Crippen LogP contribution in [0.5, 0.6) is 11.5 Å². The fourth-order valence-corrected chi connectivity index (χ4v) is 3.54. The number of aromatic nitrogens is 4. The molecule has 1 aliphatic rings. The molecule has 168 valence electrons. The zero-order chi connectivity index (χ0) is 22.9. The summed E-state index contributed by atoms with van der Waals surface area (Å²) in [6, 6.07) is 10.8. The molecule has 0 saturated heterocycles. The minimum atomic E-state index is -0.218. The Hall–Kier alpha value is -4.14. The van der Waals surface area contributed by atoms with Crippen LogP contribution in [0.15, 0.2) is 55.0 Å². The molecule has 1 aliphatic carbocycles. The Balaban J connectivity index is 1.29. The molecule has 1 saturated carbocycles. The Morgan fingerprint density at radius 1 is 1.09 bits per heavy atom. The molecule has 0 radical (unpaired) electrons. The summed E-state index contributed by atoms with van der Waals surface area (Å²) < 4.78 is 9.53. The molecule has 3 aromatic heterocycles. The number of hydrogen-bond donors (Lipinski definition) is 2. The van der Waals surface area contributed by atoms with Gasteiger partial charge in [-0.15, -0.1) is 0 Å². The highest BCUT2D eigenvalue weighted by molar-refractivity contribution is 6.05. The monoisotopic (exact) mass is 444 g/mol. The minimum absolute atomic E-state index is 0.0194. The van der Waals surface area contributed by atoms with E-state index in [1.165, 1.54) is 0 Å². The van der Waals surface area contributed by atoms with Gasteiger partial charge in [-0.3, -0.25) is 14.3 Å². The number of imidazole rings is 1. The highest BCUT2D eigenvalue weighted by Gasteiger charge is 2.30. The number of fused-ring (bicyclic) bond motifs is 1. The smallest absolute Gasteiger partial charge is 0.259 e. The van der Waals surface area contributed by atoms with Gasteiger partial charge in [-0.25, -0.2) is 4.98 Å². The van der Waals surface area contributed by atoms with Crippen molar-refractivity contribution in [3.05, 3.63) is 66.2 Å². The third-order valence-electron chi connectivity index (χ3n) is 5.47. The number of nitrogens with one attached hydrogen (secondary N) is 2. The average Bonchev–Trinajstić information content (AvgIpc) is 3.47. The summed E-state index contributed by atoms with van der Waals surface area (Å²) >= 11 is 0. The number of carbonyl (C=O) groups is 2. The summed E-state index contributed by atoms with van der Waals surface area (Å²) in [6.07, 6.45) is 7.19. The fraction of sp³-hybridized carbons (Fsp3) is 0.250. The molecule has 0 aliphatic heterocycles. The first-order chi connectivity index (χ1) is 16.0. The van der Waals surface area contributed by atoms with Crippen LogP contribution in [-0.4, -0.2) is 31.0 Å². The fourth-order valence-electron chi connectivity index (χ4n) is 3.54. The van der Waals surface area contributed by atoms with Crippen LogP contribution in [0, 0.1) is 12.8 Å². The first-order valence-corrected chi connectivity index (χ1v) is 10.9. The maximum atomic E-state index is 12.7. The molecule has 9 nitrogen and oxygen atoms in total. The number of ether oxygens (including phenoxy) is 1. The average molecular weight is 444 g/mol. The van der Waals surface area contributed by atoms with Crippen molar-refractivity contribution in [2.24, 2.45) is 5.92 Å². The normalized spacial score (nSPS) is 13.2. The molecule has 4 aromatic rings. The molecule has 2 amide bonds. The van der Waals surface area contributed by atoms with E-state index in [9.17, 15) is 9.59 Å². The summed E-state index contributed by atoms with van der Waals surface area (Å²) in [5.41, 5.74) is 2.55.